The minimum atomic E-state index is 0.112. The number of H-pyrrole nitrogens is 1. The largest absolute Gasteiger partial charge is 0.497 e. The van der Waals surface area contributed by atoms with Gasteiger partial charge in [0.05, 0.1) is 19.8 Å². The molecule has 0 bridgehead atoms. The summed E-state index contributed by atoms with van der Waals surface area (Å²) in [5.74, 6) is 1.03. The summed E-state index contributed by atoms with van der Waals surface area (Å²) in [7, 11) is 1.67. The van der Waals surface area contributed by atoms with Gasteiger partial charge in [0.2, 0.25) is 5.91 Å². The van der Waals surface area contributed by atoms with Gasteiger partial charge in [0.15, 0.2) is 0 Å². The number of hydrogen-bond acceptors (Lipinski definition) is 3. The molecule has 0 radical (unpaired) electrons. The Morgan fingerprint density at radius 3 is 2.75 bits per heavy atom. The number of aryl methyl sites for hydroxylation is 1. The maximum Gasteiger partial charge on any atom is 0.223 e. The first-order chi connectivity index (χ1) is 13.7. The number of fused-ring (bicyclic) bond motifs is 1. The SMILES string of the molecule is COc1ccc(-c2[nH]c3ccccc3c2CCC(=O)N2CCOC(C)C2)cc1. The molecule has 0 saturated carbocycles. The molecular formula is C23H26N2O3. The highest BCUT2D eigenvalue weighted by molar-refractivity contribution is 5.91. The normalized spacial score (nSPS) is 17.1. The quantitative estimate of drug-likeness (QED) is 0.729. The Morgan fingerprint density at radius 2 is 2.00 bits per heavy atom. The average molecular weight is 378 g/mol. The van der Waals surface area contributed by atoms with E-state index in [0.29, 0.717) is 32.5 Å². The van der Waals surface area contributed by atoms with Gasteiger partial charge in [-0.15, -0.1) is 0 Å². The van der Waals surface area contributed by atoms with Crippen LogP contribution in [0, 0.1) is 0 Å². The van der Waals surface area contributed by atoms with Gasteiger partial charge in [-0.1, -0.05) is 18.2 Å². The fourth-order valence-corrected chi connectivity index (χ4v) is 3.90. The monoisotopic (exact) mass is 378 g/mol. The Labute approximate surface area is 165 Å². The molecule has 1 amide bonds. The number of amides is 1. The number of hydrogen-bond donors (Lipinski definition) is 1. The Kier molecular flexibility index (Phi) is 5.35. The number of carbonyl (C=O) groups excluding carboxylic acids is 1. The second-order valence-electron chi connectivity index (χ2n) is 7.27. The number of aromatic amines is 1. The lowest BCUT2D eigenvalue weighted by molar-refractivity contribution is -0.138. The number of ether oxygens (including phenoxy) is 2. The summed E-state index contributed by atoms with van der Waals surface area (Å²) < 4.78 is 10.8. The van der Waals surface area contributed by atoms with Crippen molar-refractivity contribution in [3.63, 3.8) is 0 Å². The smallest absolute Gasteiger partial charge is 0.223 e. The number of rotatable bonds is 5. The second kappa shape index (κ2) is 8.07. The molecule has 1 unspecified atom stereocenters. The predicted octanol–water partition coefficient (Wildman–Crippen LogP) is 4.02. The molecular weight excluding hydrogens is 352 g/mol. The van der Waals surface area contributed by atoms with Gasteiger partial charge < -0.3 is 19.4 Å². The lowest BCUT2D eigenvalue weighted by Crippen LogP contribution is -2.44. The molecule has 1 fully saturated rings. The van der Waals surface area contributed by atoms with Crippen LogP contribution in [0.2, 0.25) is 0 Å². The summed E-state index contributed by atoms with van der Waals surface area (Å²) in [6.45, 7) is 4.00. The van der Waals surface area contributed by atoms with Crippen LogP contribution in [0.25, 0.3) is 22.2 Å². The third-order valence-corrected chi connectivity index (χ3v) is 5.37. The van der Waals surface area contributed by atoms with E-state index in [1.807, 2.05) is 36.1 Å². The molecule has 1 aliphatic heterocycles. The van der Waals surface area contributed by atoms with Gasteiger partial charge in [0, 0.05) is 36.1 Å². The molecule has 0 spiro atoms. The molecule has 5 heteroatoms. The first-order valence-corrected chi connectivity index (χ1v) is 9.79. The Balaban J connectivity index is 1.60. The van der Waals surface area contributed by atoms with Crippen molar-refractivity contribution >= 4 is 16.8 Å². The summed E-state index contributed by atoms with van der Waals surface area (Å²) in [6.07, 6.45) is 1.31. The number of benzene rings is 2. The first kappa shape index (κ1) is 18.6. The van der Waals surface area contributed by atoms with Crippen LogP contribution in [-0.4, -0.2) is 48.7 Å². The van der Waals surface area contributed by atoms with Crippen molar-refractivity contribution in [2.24, 2.45) is 0 Å². The number of morpholine rings is 1. The zero-order valence-electron chi connectivity index (χ0n) is 16.4. The van der Waals surface area contributed by atoms with E-state index >= 15 is 0 Å². The molecule has 146 valence electrons. The van der Waals surface area contributed by atoms with Crippen LogP contribution in [0.15, 0.2) is 48.5 Å². The number of nitrogens with one attached hydrogen (secondary N) is 1. The highest BCUT2D eigenvalue weighted by Gasteiger charge is 2.22. The Hall–Kier alpha value is -2.79. The molecule has 1 aliphatic rings. The van der Waals surface area contributed by atoms with E-state index in [1.54, 1.807) is 7.11 Å². The van der Waals surface area contributed by atoms with Crippen molar-refractivity contribution in [3.8, 4) is 17.0 Å². The number of nitrogens with zero attached hydrogens (tertiary/aromatic N) is 1. The van der Waals surface area contributed by atoms with E-state index in [4.69, 9.17) is 9.47 Å². The van der Waals surface area contributed by atoms with Crippen molar-refractivity contribution in [3.05, 3.63) is 54.1 Å². The van der Waals surface area contributed by atoms with Crippen molar-refractivity contribution in [2.75, 3.05) is 26.8 Å². The van der Waals surface area contributed by atoms with Gasteiger partial charge in [0.25, 0.3) is 0 Å². The molecule has 2 aromatic carbocycles. The summed E-state index contributed by atoms with van der Waals surface area (Å²) in [5.41, 5.74) is 4.46. The van der Waals surface area contributed by atoms with E-state index in [0.717, 1.165) is 22.5 Å². The van der Waals surface area contributed by atoms with Crippen molar-refractivity contribution < 1.29 is 14.3 Å². The Bertz CT molecular complexity index is 962. The van der Waals surface area contributed by atoms with Crippen LogP contribution in [0.1, 0.15) is 18.9 Å². The van der Waals surface area contributed by atoms with Crippen molar-refractivity contribution in [2.45, 2.75) is 25.9 Å². The predicted molar refractivity (Wildman–Crippen MR) is 111 cm³/mol. The number of carbonyl (C=O) groups is 1. The molecule has 28 heavy (non-hydrogen) atoms. The van der Waals surface area contributed by atoms with E-state index in [2.05, 4.69) is 29.2 Å². The zero-order valence-corrected chi connectivity index (χ0v) is 16.4. The number of methoxy groups -OCH3 is 1. The van der Waals surface area contributed by atoms with E-state index in [9.17, 15) is 4.79 Å². The minimum absolute atomic E-state index is 0.112. The minimum Gasteiger partial charge on any atom is -0.497 e. The van der Waals surface area contributed by atoms with Crippen LogP contribution in [0.5, 0.6) is 5.75 Å². The molecule has 5 nitrogen and oxygen atoms in total. The van der Waals surface area contributed by atoms with Crippen LogP contribution >= 0.6 is 0 Å². The highest BCUT2D eigenvalue weighted by atomic mass is 16.5. The van der Waals surface area contributed by atoms with Gasteiger partial charge in [0.1, 0.15) is 5.75 Å². The molecule has 1 atom stereocenters. The summed E-state index contributed by atoms with van der Waals surface area (Å²) in [5, 5.41) is 1.18. The molecule has 1 aromatic heterocycles. The fourth-order valence-electron chi connectivity index (χ4n) is 3.90. The summed E-state index contributed by atoms with van der Waals surface area (Å²) in [6, 6.07) is 16.3. The standard InChI is InChI=1S/C23H26N2O3/c1-16-15-25(13-14-28-16)22(26)12-11-20-19-5-3-4-6-21(19)24-23(20)17-7-9-18(27-2)10-8-17/h3-10,16,24H,11-15H2,1-2H3. The second-order valence-corrected chi connectivity index (χ2v) is 7.27. The molecule has 1 saturated heterocycles. The maximum absolute atomic E-state index is 12.7. The van der Waals surface area contributed by atoms with E-state index in [-0.39, 0.29) is 12.0 Å². The molecule has 4 rings (SSSR count). The van der Waals surface area contributed by atoms with E-state index in [1.165, 1.54) is 10.9 Å². The van der Waals surface area contributed by atoms with Crippen LogP contribution in [0.4, 0.5) is 0 Å². The van der Waals surface area contributed by atoms with Gasteiger partial charge in [-0.3, -0.25) is 4.79 Å². The fraction of sp³-hybridized carbons (Fsp3) is 0.348. The summed E-state index contributed by atoms with van der Waals surface area (Å²) in [4.78, 5) is 18.2. The maximum atomic E-state index is 12.7. The van der Waals surface area contributed by atoms with Crippen LogP contribution in [0.3, 0.4) is 0 Å². The Morgan fingerprint density at radius 1 is 1.21 bits per heavy atom. The molecule has 1 N–H and O–H groups in total. The summed E-state index contributed by atoms with van der Waals surface area (Å²) >= 11 is 0. The molecule has 3 aromatic rings. The lowest BCUT2D eigenvalue weighted by Gasteiger charge is -2.31. The third kappa shape index (κ3) is 3.76. The third-order valence-electron chi connectivity index (χ3n) is 5.37. The molecule has 0 aliphatic carbocycles. The lowest BCUT2D eigenvalue weighted by atomic mass is 10.0. The van der Waals surface area contributed by atoms with Gasteiger partial charge in [-0.25, -0.2) is 0 Å². The zero-order chi connectivity index (χ0) is 19.5. The number of para-hydroxylation sites is 1. The first-order valence-electron chi connectivity index (χ1n) is 9.79. The molecule has 2 heterocycles. The number of aromatic nitrogens is 1. The van der Waals surface area contributed by atoms with Crippen LogP contribution < -0.4 is 4.74 Å². The van der Waals surface area contributed by atoms with Gasteiger partial charge >= 0.3 is 0 Å². The topological polar surface area (TPSA) is 54.6 Å². The van der Waals surface area contributed by atoms with Gasteiger partial charge in [-0.05, 0) is 54.8 Å². The average Bonchev–Trinajstić information content (AvgIpc) is 3.10. The van der Waals surface area contributed by atoms with Crippen LogP contribution in [-0.2, 0) is 16.0 Å². The van der Waals surface area contributed by atoms with Gasteiger partial charge in [-0.2, -0.15) is 0 Å². The van der Waals surface area contributed by atoms with Crippen molar-refractivity contribution in [1.82, 2.24) is 9.88 Å². The van der Waals surface area contributed by atoms with Crippen molar-refractivity contribution in [1.29, 1.82) is 0 Å². The van der Waals surface area contributed by atoms with E-state index < -0.39 is 0 Å². The highest BCUT2D eigenvalue weighted by Crippen LogP contribution is 2.32.